The molecule has 1 aliphatic heterocycles. The first kappa shape index (κ1) is 14.8. The number of pyridine rings is 1. The normalized spacial score (nSPS) is 14.1. The third-order valence-corrected chi connectivity index (χ3v) is 4.84. The Morgan fingerprint density at radius 1 is 1.32 bits per heavy atom. The number of urea groups is 1. The number of aromatic nitrogens is 1. The molecule has 116 valence electrons. The average Bonchev–Trinajstić information content (AvgIpc) is 3.18. The van der Waals surface area contributed by atoms with Gasteiger partial charge in [-0.15, -0.1) is 11.3 Å². The van der Waals surface area contributed by atoms with Gasteiger partial charge in [0, 0.05) is 18.0 Å². The van der Waals surface area contributed by atoms with Crippen LogP contribution in [0.2, 0.25) is 0 Å². The third kappa shape index (κ3) is 3.57. The fourth-order valence-corrected chi connectivity index (χ4v) is 3.36. The van der Waals surface area contributed by atoms with Crippen LogP contribution in [-0.4, -0.2) is 24.1 Å². The summed E-state index contributed by atoms with van der Waals surface area (Å²) in [5.74, 6) is 0.984. The molecule has 0 atom stereocenters. The van der Waals surface area contributed by atoms with Gasteiger partial charge in [-0.1, -0.05) is 0 Å². The molecule has 3 heterocycles. The molecule has 1 saturated heterocycles. The highest BCUT2D eigenvalue weighted by atomic mass is 32.1. The van der Waals surface area contributed by atoms with Crippen LogP contribution in [0.3, 0.4) is 0 Å². The van der Waals surface area contributed by atoms with Crippen LogP contribution < -0.4 is 15.5 Å². The van der Waals surface area contributed by atoms with Crippen LogP contribution in [0.25, 0.3) is 0 Å². The highest BCUT2D eigenvalue weighted by molar-refractivity contribution is 7.10. The molecule has 0 spiro atoms. The third-order valence-electron chi connectivity index (χ3n) is 3.81. The number of amides is 2. The minimum absolute atomic E-state index is 0.205. The van der Waals surface area contributed by atoms with E-state index < -0.39 is 0 Å². The van der Waals surface area contributed by atoms with Crippen molar-refractivity contribution in [3.05, 3.63) is 40.2 Å². The molecule has 2 aromatic rings. The Kier molecular flexibility index (Phi) is 4.58. The molecule has 2 amide bonds. The quantitative estimate of drug-likeness (QED) is 0.909. The molecule has 2 aromatic heterocycles. The summed E-state index contributed by atoms with van der Waals surface area (Å²) in [6, 6.07) is 5.71. The molecule has 1 aliphatic rings. The molecule has 0 bridgehead atoms. The summed E-state index contributed by atoms with van der Waals surface area (Å²) < 4.78 is 0. The Labute approximate surface area is 134 Å². The van der Waals surface area contributed by atoms with Gasteiger partial charge in [0.2, 0.25) is 0 Å². The second-order valence-corrected chi connectivity index (χ2v) is 6.43. The van der Waals surface area contributed by atoms with Crippen molar-refractivity contribution in [2.45, 2.75) is 26.3 Å². The van der Waals surface area contributed by atoms with Crippen molar-refractivity contribution in [2.75, 3.05) is 23.3 Å². The predicted octanol–water partition coefficient (Wildman–Crippen LogP) is 3.37. The summed E-state index contributed by atoms with van der Waals surface area (Å²) in [4.78, 5) is 19.8. The maximum Gasteiger partial charge on any atom is 0.319 e. The second kappa shape index (κ2) is 6.79. The number of hydrogen-bond acceptors (Lipinski definition) is 4. The zero-order valence-corrected chi connectivity index (χ0v) is 13.4. The number of carbonyl (C=O) groups is 1. The molecular formula is C16H20N4OS. The standard InChI is InChI=1S/C16H20N4OS/c1-12-6-9-22-14(12)11-18-16(21)19-13-4-5-15(17-10-13)20-7-2-3-8-20/h4-6,9-10H,2-3,7-8,11H2,1H3,(H2,18,19,21). The van der Waals surface area contributed by atoms with Gasteiger partial charge in [0.1, 0.15) is 5.82 Å². The first-order valence-corrected chi connectivity index (χ1v) is 8.39. The molecule has 3 rings (SSSR count). The maximum absolute atomic E-state index is 11.9. The van der Waals surface area contributed by atoms with E-state index in [-0.39, 0.29) is 6.03 Å². The van der Waals surface area contributed by atoms with E-state index in [2.05, 4.69) is 26.6 Å². The van der Waals surface area contributed by atoms with Crippen molar-refractivity contribution >= 4 is 28.9 Å². The van der Waals surface area contributed by atoms with Gasteiger partial charge < -0.3 is 15.5 Å². The van der Waals surface area contributed by atoms with Gasteiger partial charge >= 0.3 is 6.03 Å². The van der Waals surface area contributed by atoms with E-state index >= 15 is 0 Å². The maximum atomic E-state index is 11.9. The molecule has 5 nitrogen and oxygen atoms in total. The van der Waals surface area contributed by atoms with E-state index in [1.165, 1.54) is 23.3 Å². The molecule has 0 unspecified atom stereocenters. The summed E-state index contributed by atoms with van der Waals surface area (Å²) in [5.41, 5.74) is 1.92. The van der Waals surface area contributed by atoms with E-state index in [0.717, 1.165) is 18.9 Å². The van der Waals surface area contributed by atoms with Crippen LogP contribution in [0, 0.1) is 6.92 Å². The Bertz CT molecular complexity index is 632. The molecule has 22 heavy (non-hydrogen) atoms. The van der Waals surface area contributed by atoms with Crippen LogP contribution in [0.15, 0.2) is 29.8 Å². The molecule has 2 N–H and O–H groups in total. The predicted molar refractivity (Wildman–Crippen MR) is 90.6 cm³/mol. The Balaban J connectivity index is 1.51. The van der Waals surface area contributed by atoms with Crippen LogP contribution in [0.1, 0.15) is 23.3 Å². The molecule has 0 radical (unpaired) electrons. The van der Waals surface area contributed by atoms with Crippen molar-refractivity contribution in [3.8, 4) is 0 Å². The lowest BCUT2D eigenvalue weighted by molar-refractivity contribution is 0.252. The van der Waals surface area contributed by atoms with Gasteiger partial charge in [0.15, 0.2) is 0 Å². The number of nitrogens with one attached hydrogen (secondary N) is 2. The van der Waals surface area contributed by atoms with Crippen molar-refractivity contribution in [3.63, 3.8) is 0 Å². The van der Waals surface area contributed by atoms with Gasteiger partial charge in [-0.2, -0.15) is 0 Å². The zero-order valence-electron chi connectivity index (χ0n) is 12.6. The molecule has 0 saturated carbocycles. The average molecular weight is 316 g/mol. The zero-order chi connectivity index (χ0) is 15.4. The fourth-order valence-electron chi connectivity index (χ4n) is 2.51. The minimum atomic E-state index is -0.205. The monoisotopic (exact) mass is 316 g/mol. The summed E-state index contributed by atoms with van der Waals surface area (Å²) in [6.07, 6.45) is 4.17. The molecule has 0 aromatic carbocycles. The highest BCUT2D eigenvalue weighted by Gasteiger charge is 2.13. The van der Waals surface area contributed by atoms with Gasteiger partial charge in [-0.05, 0) is 48.9 Å². The van der Waals surface area contributed by atoms with Crippen LogP contribution in [0.4, 0.5) is 16.3 Å². The number of thiophene rings is 1. The number of aryl methyl sites for hydroxylation is 1. The van der Waals surface area contributed by atoms with Gasteiger partial charge in [-0.25, -0.2) is 9.78 Å². The molecule has 6 heteroatoms. The van der Waals surface area contributed by atoms with Crippen LogP contribution >= 0.6 is 11.3 Å². The lowest BCUT2D eigenvalue weighted by Crippen LogP contribution is -2.28. The van der Waals surface area contributed by atoms with Crippen molar-refractivity contribution in [1.82, 2.24) is 10.3 Å². The SMILES string of the molecule is Cc1ccsc1CNC(=O)Nc1ccc(N2CCCC2)nc1. The lowest BCUT2D eigenvalue weighted by atomic mass is 10.3. The second-order valence-electron chi connectivity index (χ2n) is 5.43. The van der Waals surface area contributed by atoms with Crippen molar-refractivity contribution in [2.24, 2.45) is 0 Å². The van der Waals surface area contributed by atoms with E-state index in [1.807, 2.05) is 24.4 Å². The van der Waals surface area contributed by atoms with Crippen LogP contribution in [0.5, 0.6) is 0 Å². The molecular weight excluding hydrogens is 296 g/mol. The van der Waals surface area contributed by atoms with Gasteiger partial charge in [-0.3, -0.25) is 0 Å². The first-order valence-electron chi connectivity index (χ1n) is 7.51. The largest absolute Gasteiger partial charge is 0.357 e. The van der Waals surface area contributed by atoms with E-state index in [4.69, 9.17) is 0 Å². The Hall–Kier alpha value is -2.08. The summed E-state index contributed by atoms with van der Waals surface area (Å²) in [5, 5.41) is 7.71. The summed E-state index contributed by atoms with van der Waals surface area (Å²) in [7, 11) is 0. The van der Waals surface area contributed by atoms with Crippen molar-refractivity contribution in [1.29, 1.82) is 0 Å². The summed E-state index contributed by atoms with van der Waals surface area (Å²) >= 11 is 1.65. The van der Waals surface area contributed by atoms with Gasteiger partial charge in [0.25, 0.3) is 0 Å². The minimum Gasteiger partial charge on any atom is -0.357 e. The summed E-state index contributed by atoms with van der Waals surface area (Å²) in [6.45, 7) is 4.74. The van der Waals surface area contributed by atoms with E-state index in [1.54, 1.807) is 17.5 Å². The number of rotatable bonds is 4. The van der Waals surface area contributed by atoms with Crippen LogP contribution in [-0.2, 0) is 6.54 Å². The number of anilines is 2. The Morgan fingerprint density at radius 2 is 2.14 bits per heavy atom. The lowest BCUT2D eigenvalue weighted by Gasteiger charge is -2.16. The number of carbonyl (C=O) groups excluding carboxylic acids is 1. The molecule has 0 aliphatic carbocycles. The number of hydrogen-bond donors (Lipinski definition) is 2. The van der Waals surface area contributed by atoms with E-state index in [9.17, 15) is 4.79 Å². The fraction of sp³-hybridized carbons (Fsp3) is 0.375. The smallest absolute Gasteiger partial charge is 0.319 e. The molecule has 1 fully saturated rings. The number of nitrogens with zero attached hydrogens (tertiary/aromatic N) is 2. The topological polar surface area (TPSA) is 57.3 Å². The van der Waals surface area contributed by atoms with Crippen molar-refractivity contribution < 1.29 is 4.79 Å². The Morgan fingerprint density at radius 3 is 2.77 bits per heavy atom. The first-order chi connectivity index (χ1) is 10.7. The van der Waals surface area contributed by atoms with Gasteiger partial charge in [0.05, 0.1) is 18.4 Å². The van der Waals surface area contributed by atoms with E-state index in [0.29, 0.717) is 12.2 Å². The highest BCUT2D eigenvalue weighted by Crippen LogP contribution is 2.19.